The summed E-state index contributed by atoms with van der Waals surface area (Å²) >= 11 is 5.05. The highest BCUT2D eigenvalue weighted by atomic mass is 79.9. The number of carbonyl (C=O) groups excluding carboxylic acids is 1. The van der Waals surface area contributed by atoms with Crippen LogP contribution in [0.5, 0.6) is 0 Å². The molecule has 0 spiro atoms. The average Bonchev–Trinajstić information content (AvgIpc) is 2.52. The summed E-state index contributed by atoms with van der Waals surface area (Å²) in [6.07, 6.45) is 5.35. The van der Waals surface area contributed by atoms with Gasteiger partial charge in [-0.05, 0) is 35.3 Å². The Morgan fingerprint density at radius 2 is 2.13 bits per heavy atom. The molecule has 0 aliphatic carbocycles. The van der Waals surface area contributed by atoms with Gasteiger partial charge in [-0.25, -0.2) is 0 Å². The van der Waals surface area contributed by atoms with Crippen molar-refractivity contribution in [1.29, 1.82) is 0 Å². The molecule has 0 N–H and O–H groups in total. The molecule has 0 bridgehead atoms. The van der Waals surface area contributed by atoms with Crippen LogP contribution in [0.4, 0.5) is 0 Å². The summed E-state index contributed by atoms with van der Waals surface area (Å²) < 4.78 is 1.05. The maximum Gasteiger partial charge on any atom is 0.164 e. The molecular formula is C12H17BrOS. The summed E-state index contributed by atoms with van der Waals surface area (Å²) in [6.45, 7) is 4.19. The molecule has 0 aromatic carbocycles. The molecule has 1 rings (SSSR count). The van der Waals surface area contributed by atoms with E-state index in [0.717, 1.165) is 20.6 Å². The van der Waals surface area contributed by atoms with Gasteiger partial charge in [0.1, 0.15) is 0 Å². The first-order chi connectivity index (χ1) is 7.15. The van der Waals surface area contributed by atoms with Gasteiger partial charge in [-0.15, -0.1) is 11.3 Å². The second kappa shape index (κ2) is 6.44. The van der Waals surface area contributed by atoms with Crippen LogP contribution in [0.3, 0.4) is 0 Å². The smallest absolute Gasteiger partial charge is 0.164 e. The van der Waals surface area contributed by atoms with Gasteiger partial charge in [0.2, 0.25) is 0 Å². The van der Waals surface area contributed by atoms with Crippen LogP contribution in [0.15, 0.2) is 9.85 Å². The Balaban J connectivity index is 2.43. The lowest BCUT2D eigenvalue weighted by Crippen LogP contribution is -1.98. The van der Waals surface area contributed by atoms with Crippen LogP contribution >= 0.6 is 27.3 Å². The van der Waals surface area contributed by atoms with Gasteiger partial charge in [0.05, 0.1) is 3.79 Å². The molecule has 0 radical (unpaired) electrons. The van der Waals surface area contributed by atoms with E-state index in [9.17, 15) is 4.79 Å². The number of Topliss-reactive ketones (excluding diaryl/α,β-unsaturated/α-hetero) is 1. The minimum Gasteiger partial charge on any atom is -0.294 e. The Labute approximate surface area is 104 Å². The zero-order chi connectivity index (χ0) is 11.3. The Bertz CT molecular complexity index is 330. The molecule has 0 saturated carbocycles. The molecule has 0 unspecified atom stereocenters. The van der Waals surface area contributed by atoms with E-state index < -0.39 is 0 Å². The molecule has 1 nitrogen and oxygen atoms in total. The molecule has 0 fully saturated rings. The largest absolute Gasteiger partial charge is 0.294 e. The number of aryl methyl sites for hydroxylation is 1. The van der Waals surface area contributed by atoms with Crippen molar-refractivity contribution in [2.24, 2.45) is 0 Å². The summed E-state index contributed by atoms with van der Waals surface area (Å²) in [4.78, 5) is 13.0. The molecule has 1 heterocycles. The summed E-state index contributed by atoms with van der Waals surface area (Å²) in [7, 11) is 0. The van der Waals surface area contributed by atoms with Gasteiger partial charge >= 0.3 is 0 Å². The zero-order valence-corrected chi connectivity index (χ0v) is 11.7. The van der Waals surface area contributed by atoms with Gasteiger partial charge in [0, 0.05) is 16.9 Å². The molecule has 1 aromatic rings. The van der Waals surface area contributed by atoms with E-state index in [4.69, 9.17) is 0 Å². The molecular weight excluding hydrogens is 272 g/mol. The number of hydrogen-bond donors (Lipinski definition) is 0. The van der Waals surface area contributed by atoms with E-state index in [-0.39, 0.29) is 0 Å². The number of ketones is 1. The fourth-order valence-electron chi connectivity index (χ4n) is 1.57. The highest BCUT2D eigenvalue weighted by molar-refractivity contribution is 9.11. The van der Waals surface area contributed by atoms with Gasteiger partial charge in [0.15, 0.2) is 5.78 Å². The van der Waals surface area contributed by atoms with Crippen molar-refractivity contribution >= 4 is 33.0 Å². The first kappa shape index (κ1) is 12.9. The fraction of sp³-hybridized carbons (Fsp3) is 0.583. The van der Waals surface area contributed by atoms with Gasteiger partial charge in [-0.1, -0.05) is 26.2 Å². The normalized spacial score (nSPS) is 10.6. The van der Waals surface area contributed by atoms with Crippen molar-refractivity contribution in [3.05, 3.63) is 20.3 Å². The van der Waals surface area contributed by atoms with E-state index in [1.807, 2.05) is 13.0 Å². The highest BCUT2D eigenvalue weighted by Crippen LogP contribution is 2.27. The zero-order valence-electron chi connectivity index (χ0n) is 9.31. The van der Waals surface area contributed by atoms with Crippen molar-refractivity contribution in [1.82, 2.24) is 0 Å². The monoisotopic (exact) mass is 288 g/mol. The highest BCUT2D eigenvalue weighted by Gasteiger charge is 2.11. The van der Waals surface area contributed by atoms with Crippen molar-refractivity contribution < 1.29 is 4.79 Å². The molecule has 84 valence electrons. The Morgan fingerprint density at radius 1 is 1.40 bits per heavy atom. The quantitative estimate of drug-likeness (QED) is 0.533. The Kier molecular flexibility index (Phi) is 5.54. The molecule has 15 heavy (non-hydrogen) atoms. The van der Waals surface area contributed by atoms with Crippen molar-refractivity contribution in [3.63, 3.8) is 0 Å². The predicted octanol–water partition coefficient (Wildman–Crippen LogP) is 4.97. The Hall–Kier alpha value is -0.150. The third kappa shape index (κ3) is 4.07. The first-order valence-corrected chi connectivity index (χ1v) is 7.05. The van der Waals surface area contributed by atoms with Crippen LogP contribution < -0.4 is 0 Å². The molecule has 0 amide bonds. The summed E-state index contributed by atoms with van der Waals surface area (Å²) in [5, 5.41) is 0. The minimum absolute atomic E-state index is 0.297. The lowest BCUT2D eigenvalue weighted by molar-refractivity contribution is 0.0979. The average molecular weight is 289 g/mol. The van der Waals surface area contributed by atoms with E-state index in [2.05, 4.69) is 22.9 Å². The molecule has 1 aromatic heterocycles. The second-order valence-electron chi connectivity index (χ2n) is 3.75. The third-order valence-corrected chi connectivity index (χ3v) is 4.00. The van der Waals surface area contributed by atoms with Crippen LogP contribution in [-0.2, 0) is 0 Å². The van der Waals surface area contributed by atoms with Gasteiger partial charge < -0.3 is 0 Å². The first-order valence-electron chi connectivity index (χ1n) is 5.44. The van der Waals surface area contributed by atoms with E-state index >= 15 is 0 Å². The third-order valence-electron chi connectivity index (χ3n) is 2.45. The summed E-state index contributed by atoms with van der Waals surface area (Å²) in [6, 6.07) is 1.95. The van der Waals surface area contributed by atoms with Gasteiger partial charge in [-0.3, -0.25) is 4.79 Å². The maximum atomic E-state index is 11.8. The maximum absolute atomic E-state index is 11.8. The lowest BCUT2D eigenvalue weighted by atomic mass is 10.1. The van der Waals surface area contributed by atoms with Crippen LogP contribution in [0.2, 0.25) is 0 Å². The molecule has 3 heteroatoms. The van der Waals surface area contributed by atoms with Crippen molar-refractivity contribution in [3.8, 4) is 0 Å². The second-order valence-corrected chi connectivity index (χ2v) is 6.39. The minimum atomic E-state index is 0.297. The number of halogens is 1. The summed E-state index contributed by atoms with van der Waals surface area (Å²) in [5.74, 6) is 0.297. The molecule has 0 atom stereocenters. The summed E-state index contributed by atoms with van der Waals surface area (Å²) in [5.41, 5.74) is 0.906. The van der Waals surface area contributed by atoms with Crippen LogP contribution in [-0.4, -0.2) is 5.78 Å². The molecule has 0 saturated heterocycles. The topological polar surface area (TPSA) is 17.1 Å². The van der Waals surface area contributed by atoms with Gasteiger partial charge in [0.25, 0.3) is 0 Å². The number of unbranched alkanes of at least 4 members (excludes halogenated alkanes) is 3. The molecule has 0 aliphatic rings. The fourth-order valence-corrected chi connectivity index (χ4v) is 3.28. The van der Waals surface area contributed by atoms with E-state index in [1.165, 1.54) is 19.3 Å². The van der Waals surface area contributed by atoms with Crippen molar-refractivity contribution in [2.75, 3.05) is 0 Å². The standard InChI is InChI=1S/C12H17BrOS/c1-3-4-5-6-7-11(14)10-8-12(13)15-9(10)2/h8H,3-7H2,1-2H3. The van der Waals surface area contributed by atoms with Crippen LogP contribution in [0, 0.1) is 6.92 Å². The van der Waals surface area contributed by atoms with Gasteiger partial charge in [-0.2, -0.15) is 0 Å². The number of carbonyl (C=O) groups is 1. The van der Waals surface area contributed by atoms with Crippen LogP contribution in [0.25, 0.3) is 0 Å². The van der Waals surface area contributed by atoms with Crippen LogP contribution in [0.1, 0.15) is 54.3 Å². The van der Waals surface area contributed by atoms with E-state index in [1.54, 1.807) is 11.3 Å². The SMILES string of the molecule is CCCCCCC(=O)c1cc(Br)sc1C. The van der Waals surface area contributed by atoms with E-state index in [0.29, 0.717) is 12.2 Å². The number of rotatable bonds is 6. The lowest BCUT2D eigenvalue weighted by Gasteiger charge is -1.99. The predicted molar refractivity (Wildman–Crippen MR) is 69.8 cm³/mol. The number of thiophene rings is 1. The Morgan fingerprint density at radius 3 is 2.67 bits per heavy atom. The number of hydrogen-bond acceptors (Lipinski definition) is 2. The van der Waals surface area contributed by atoms with Crippen molar-refractivity contribution in [2.45, 2.75) is 46.0 Å². The molecule has 0 aliphatic heterocycles.